The van der Waals surface area contributed by atoms with E-state index < -0.39 is 0 Å². The van der Waals surface area contributed by atoms with E-state index in [1.54, 1.807) is 7.11 Å². The molecule has 0 spiro atoms. The van der Waals surface area contributed by atoms with Gasteiger partial charge in [-0.05, 0) is 37.0 Å². The first kappa shape index (κ1) is 17.0. The first-order chi connectivity index (χ1) is 9.86. The lowest BCUT2D eigenvalue weighted by Gasteiger charge is -2.08. The van der Waals surface area contributed by atoms with Gasteiger partial charge in [-0.1, -0.05) is 18.6 Å². The van der Waals surface area contributed by atoms with E-state index in [0.29, 0.717) is 6.61 Å². The Morgan fingerprint density at radius 2 is 1.75 bits per heavy atom. The molecule has 0 saturated heterocycles. The lowest BCUT2D eigenvalue weighted by atomic mass is 10.2. The number of unbranched alkanes of at least 4 members (excludes halogenated alkanes) is 3. The largest absolute Gasteiger partial charge is 0.494 e. The zero-order chi connectivity index (χ0) is 14.5. The number of hydrogen-bond acceptors (Lipinski definition) is 4. The van der Waals surface area contributed by atoms with Crippen LogP contribution in [0.25, 0.3) is 0 Å². The second kappa shape index (κ2) is 11.7. The summed E-state index contributed by atoms with van der Waals surface area (Å²) >= 11 is 0. The van der Waals surface area contributed by atoms with E-state index in [4.69, 9.17) is 14.6 Å². The first-order valence-corrected chi connectivity index (χ1v) is 7.39. The van der Waals surface area contributed by atoms with Gasteiger partial charge in [-0.15, -0.1) is 0 Å². The number of benzene rings is 1. The average molecular weight is 281 g/mol. The molecule has 0 aliphatic heterocycles. The van der Waals surface area contributed by atoms with Crippen molar-refractivity contribution < 1.29 is 14.6 Å². The smallest absolute Gasteiger partial charge is 0.119 e. The quantitative estimate of drug-likeness (QED) is 0.577. The lowest BCUT2D eigenvalue weighted by Crippen LogP contribution is -2.18. The van der Waals surface area contributed by atoms with Crippen molar-refractivity contribution in [3.05, 3.63) is 29.8 Å². The van der Waals surface area contributed by atoms with Crippen LogP contribution in [0.3, 0.4) is 0 Å². The van der Waals surface area contributed by atoms with Crippen LogP contribution in [0, 0.1) is 0 Å². The molecule has 0 aliphatic rings. The van der Waals surface area contributed by atoms with Crippen LogP contribution in [0.4, 0.5) is 0 Å². The highest BCUT2D eigenvalue weighted by molar-refractivity contribution is 5.27. The molecule has 0 saturated carbocycles. The predicted octanol–water partition coefficient (Wildman–Crippen LogP) is 2.35. The molecule has 20 heavy (non-hydrogen) atoms. The van der Waals surface area contributed by atoms with Gasteiger partial charge in [0, 0.05) is 26.8 Å². The average Bonchev–Trinajstić information content (AvgIpc) is 2.49. The van der Waals surface area contributed by atoms with Crippen molar-refractivity contribution in [2.45, 2.75) is 32.2 Å². The minimum absolute atomic E-state index is 0.292. The normalized spacial score (nSPS) is 10.7. The van der Waals surface area contributed by atoms with Gasteiger partial charge in [0.25, 0.3) is 0 Å². The molecule has 0 aliphatic carbocycles. The fraction of sp³-hybridized carbons (Fsp3) is 0.625. The van der Waals surface area contributed by atoms with Gasteiger partial charge in [0.2, 0.25) is 0 Å². The Hall–Kier alpha value is -1.10. The van der Waals surface area contributed by atoms with Gasteiger partial charge in [0.15, 0.2) is 0 Å². The van der Waals surface area contributed by atoms with Crippen molar-refractivity contribution in [2.75, 3.05) is 33.5 Å². The Labute approximate surface area is 122 Å². The molecule has 1 aromatic carbocycles. The van der Waals surface area contributed by atoms with E-state index in [1.165, 1.54) is 5.56 Å². The second-order valence-corrected chi connectivity index (χ2v) is 4.80. The molecular formula is C16H27NO3. The minimum Gasteiger partial charge on any atom is -0.494 e. The van der Waals surface area contributed by atoms with Gasteiger partial charge in [-0.3, -0.25) is 0 Å². The topological polar surface area (TPSA) is 50.7 Å². The summed E-state index contributed by atoms with van der Waals surface area (Å²) in [5, 5.41) is 12.0. The fourth-order valence-corrected chi connectivity index (χ4v) is 1.87. The van der Waals surface area contributed by atoms with Crippen LogP contribution in [-0.2, 0) is 11.3 Å². The molecule has 0 aromatic heterocycles. The SMILES string of the molecule is COCCNCc1ccc(OCCCCCCO)cc1. The molecular weight excluding hydrogens is 254 g/mol. The van der Waals surface area contributed by atoms with Crippen molar-refractivity contribution in [2.24, 2.45) is 0 Å². The van der Waals surface area contributed by atoms with E-state index in [2.05, 4.69) is 17.4 Å². The molecule has 0 bridgehead atoms. The van der Waals surface area contributed by atoms with E-state index in [1.807, 2.05) is 12.1 Å². The number of ether oxygens (including phenoxy) is 2. The van der Waals surface area contributed by atoms with Crippen LogP contribution >= 0.6 is 0 Å². The van der Waals surface area contributed by atoms with Crippen molar-refractivity contribution in [1.82, 2.24) is 5.32 Å². The first-order valence-electron chi connectivity index (χ1n) is 7.39. The molecule has 0 fully saturated rings. The molecule has 0 unspecified atom stereocenters. The summed E-state index contributed by atoms with van der Waals surface area (Å²) in [5.74, 6) is 0.924. The Bertz CT molecular complexity index is 327. The van der Waals surface area contributed by atoms with Gasteiger partial charge in [-0.25, -0.2) is 0 Å². The fourth-order valence-electron chi connectivity index (χ4n) is 1.87. The highest BCUT2D eigenvalue weighted by Gasteiger charge is 1.96. The highest BCUT2D eigenvalue weighted by Crippen LogP contribution is 2.13. The molecule has 1 aromatic rings. The maximum absolute atomic E-state index is 8.67. The standard InChI is InChI=1S/C16H27NO3/c1-19-13-10-17-14-15-6-8-16(9-7-15)20-12-5-3-2-4-11-18/h6-9,17-18H,2-5,10-14H2,1H3. The number of hydrogen-bond donors (Lipinski definition) is 2. The molecule has 4 nitrogen and oxygen atoms in total. The molecule has 1 rings (SSSR count). The zero-order valence-corrected chi connectivity index (χ0v) is 12.4. The minimum atomic E-state index is 0.292. The molecule has 0 atom stereocenters. The van der Waals surface area contributed by atoms with Crippen molar-refractivity contribution in [3.63, 3.8) is 0 Å². The van der Waals surface area contributed by atoms with Crippen LogP contribution in [0.2, 0.25) is 0 Å². The predicted molar refractivity (Wildman–Crippen MR) is 81.1 cm³/mol. The van der Waals surface area contributed by atoms with Gasteiger partial charge in [0.05, 0.1) is 13.2 Å². The number of rotatable bonds is 12. The molecule has 0 radical (unpaired) electrons. The van der Waals surface area contributed by atoms with E-state index in [-0.39, 0.29) is 0 Å². The Morgan fingerprint density at radius 3 is 2.45 bits per heavy atom. The van der Waals surface area contributed by atoms with Gasteiger partial charge in [0.1, 0.15) is 5.75 Å². The third kappa shape index (κ3) is 8.15. The lowest BCUT2D eigenvalue weighted by molar-refractivity contribution is 0.199. The van der Waals surface area contributed by atoms with Crippen LogP contribution in [0.5, 0.6) is 5.75 Å². The molecule has 0 heterocycles. The third-order valence-corrected chi connectivity index (χ3v) is 3.06. The highest BCUT2D eigenvalue weighted by atomic mass is 16.5. The zero-order valence-electron chi connectivity index (χ0n) is 12.4. The Kier molecular flexibility index (Phi) is 9.92. The number of methoxy groups -OCH3 is 1. The summed E-state index contributed by atoms with van der Waals surface area (Å²) in [6.07, 6.45) is 4.12. The summed E-state index contributed by atoms with van der Waals surface area (Å²) in [6, 6.07) is 8.20. The van der Waals surface area contributed by atoms with Gasteiger partial charge in [-0.2, -0.15) is 0 Å². The maximum Gasteiger partial charge on any atom is 0.119 e. The van der Waals surface area contributed by atoms with Crippen LogP contribution in [0.1, 0.15) is 31.2 Å². The summed E-state index contributed by atoms with van der Waals surface area (Å²) < 4.78 is 10.7. The van der Waals surface area contributed by atoms with Gasteiger partial charge >= 0.3 is 0 Å². The van der Waals surface area contributed by atoms with Crippen LogP contribution < -0.4 is 10.1 Å². The number of nitrogens with one attached hydrogen (secondary N) is 1. The molecule has 114 valence electrons. The maximum atomic E-state index is 8.67. The van der Waals surface area contributed by atoms with Crippen LogP contribution in [0.15, 0.2) is 24.3 Å². The summed E-state index contributed by atoms with van der Waals surface area (Å²) in [4.78, 5) is 0. The van der Waals surface area contributed by atoms with E-state index >= 15 is 0 Å². The van der Waals surface area contributed by atoms with Crippen molar-refractivity contribution >= 4 is 0 Å². The second-order valence-electron chi connectivity index (χ2n) is 4.80. The monoisotopic (exact) mass is 281 g/mol. The van der Waals surface area contributed by atoms with Crippen LogP contribution in [-0.4, -0.2) is 38.6 Å². The van der Waals surface area contributed by atoms with Crippen molar-refractivity contribution in [3.8, 4) is 5.75 Å². The summed E-state index contributed by atoms with van der Waals surface area (Å²) in [5.41, 5.74) is 1.25. The number of aliphatic hydroxyl groups excluding tert-OH is 1. The summed E-state index contributed by atoms with van der Waals surface area (Å²) in [6.45, 7) is 3.49. The number of aliphatic hydroxyl groups is 1. The Balaban J connectivity index is 2.12. The summed E-state index contributed by atoms with van der Waals surface area (Å²) in [7, 11) is 1.71. The third-order valence-electron chi connectivity index (χ3n) is 3.06. The molecule has 2 N–H and O–H groups in total. The van der Waals surface area contributed by atoms with E-state index in [0.717, 1.165) is 57.7 Å². The van der Waals surface area contributed by atoms with Crippen molar-refractivity contribution in [1.29, 1.82) is 0 Å². The molecule has 4 heteroatoms. The van der Waals surface area contributed by atoms with Gasteiger partial charge < -0.3 is 19.9 Å². The van der Waals surface area contributed by atoms with E-state index in [9.17, 15) is 0 Å². The molecule has 0 amide bonds. The Morgan fingerprint density at radius 1 is 1.00 bits per heavy atom.